The Kier molecular flexibility index (Phi) is 5.61. The molecule has 1 atom stereocenters. The van der Waals surface area contributed by atoms with Gasteiger partial charge < -0.3 is 9.47 Å². The van der Waals surface area contributed by atoms with E-state index in [1.165, 1.54) is 7.11 Å². The van der Waals surface area contributed by atoms with Crippen molar-refractivity contribution in [1.29, 1.82) is 0 Å². The second-order valence-electron chi connectivity index (χ2n) is 6.52. The van der Waals surface area contributed by atoms with Crippen molar-refractivity contribution in [3.8, 4) is 5.75 Å². The number of esters is 1. The predicted octanol–water partition coefficient (Wildman–Crippen LogP) is 3.17. The minimum Gasteiger partial charge on any atom is -0.497 e. The molecular weight excluding hydrogens is 406 g/mol. The van der Waals surface area contributed by atoms with Gasteiger partial charge in [-0.3, -0.25) is 14.6 Å². The first kappa shape index (κ1) is 17.7. The fourth-order valence-corrected chi connectivity index (χ4v) is 3.28. The predicted molar refractivity (Wildman–Crippen MR) is 115 cm³/mol. The lowest BCUT2D eigenvalue weighted by molar-refractivity contribution is -0.140. The molecule has 2 aromatic carbocycles. The topological polar surface area (TPSA) is 89.4 Å². The van der Waals surface area contributed by atoms with Gasteiger partial charge in [0.1, 0.15) is 11.8 Å². The van der Waals surface area contributed by atoms with E-state index in [-0.39, 0.29) is 12.8 Å². The summed E-state index contributed by atoms with van der Waals surface area (Å²) in [6.45, 7) is -2.87. The number of methoxy groups -OCH3 is 2. The number of aliphatic imine (C=N–C) groups is 1. The number of hydrazone groups is 1. The molecule has 30 heavy (non-hydrogen) atoms. The van der Waals surface area contributed by atoms with Crippen LogP contribution in [-0.2, 0) is 20.7 Å². The molecule has 1 aliphatic heterocycles. The number of amides is 1. The van der Waals surface area contributed by atoms with Crippen molar-refractivity contribution in [2.24, 2.45) is 10.1 Å². The highest BCUT2D eigenvalue weighted by molar-refractivity contribution is 6.30. The fourth-order valence-electron chi connectivity index (χ4n) is 3.15. The quantitative estimate of drug-likeness (QED) is 0.582. The zero-order valence-corrected chi connectivity index (χ0v) is 17.2. The molecule has 1 N–H and O–H groups in total. The summed E-state index contributed by atoms with van der Waals surface area (Å²) < 4.78 is 31.9. The van der Waals surface area contributed by atoms with Crippen molar-refractivity contribution in [3.63, 3.8) is 0 Å². The van der Waals surface area contributed by atoms with Crippen molar-refractivity contribution < 1.29 is 23.2 Å². The Bertz CT molecular complexity index is 1110. The van der Waals surface area contributed by atoms with Crippen molar-refractivity contribution in [2.75, 3.05) is 14.2 Å². The van der Waals surface area contributed by atoms with Crippen LogP contribution in [0.5, 0.6) is 5.75 Å². The van der Waals surface area contributed by atoms with Gasteiger partial charge in [0.15, 0.2) is 0 Å². The van der Waals surface area contributed by atoms with Gasteiger partial charge in [0.05, 0.1) is 32.1 Å². The van der Waals surface area contributed by atoms with Gasteiger partial charge in [-0.1, -0.05) is 29.8 Å². The summed E-state index contributed by atoms with van der Waals surface area (Å²) in [6, 6.07) is 11.7. The van der Waals surface area contributed by atoms with Crippen LogP contribution in [-0.4, -0.2) is 43.6 Å². The molecule has 0 fully saturated rings. The summed E-state index contributed by atoms with van der Waals surface area (Å²) in [5, 5.41) is 4.61. The molecule has 8 heteroatoms. The number of benzene rings is 2. The first-order chi connectivity index (χ1) is 15.6. The monoisotopic (exact) mass is 430 g/mol. The number of nitrogens with zero attached hydrogens (tertiary/aromatic N) is 2. The summed E-state index contributed by atoms with van der Waals surface area (Å²) in [4.78, 5) is 28.8. The third-order valence-electron chi connectivity index (χ3n) is 4.62. The standard InChI is InChI=1S/C22H22ClN3O4/c1-13(27)25-26-20-10-15-6-9-17(29-2)11-18(15)22(14-4-7-16(23)8-5-14)24-19(20)12-21(28)30-3/h4-9,11,19H,10,12H2,1-3H3,(H,25,27)/b26-20+/t19-/m0/s1/i1D3. The molecular formula is C22H22ClN3O4. The van der Waals surface area contributed by atoms with Gasteiger partial charge in [0.25, 0.3) is 0 Å². The van der Waals surface area contributed by atoms with E-state index >= 15 is 0 Å². The summed E-state index contributed by atoms with van der Waals surface area (Å²) in [5.74, 6) is -1.15. The van der Waals surface area contributed by atoms with Gasteiger partial charge in [0, 0.05) is 33.5 Å². The molecule has 7 nitrogen and oxygen atoms in total. The first-order valence-electron chi connectivity index (χ1n) is 10.6. The molecule has 1 aliphatic rings. The average Bonchev–Trinajstić information content (AvgIpc) is 2.93. The van der Waals surface area contributed by atoms with E-state index in [0.717, 1.165) is 16.7 Å². The van der Waals surface area contributed by atoms with Crippen molar-refractivity contribution >= 4 is 34.9 Å². The second-order valence-corrected chi connectivity index (χ2v) is 6.96. The molecule has 0 radical (unpaired) electrons. The lowest BCUT2D eigenvalue weighted by atomic mass is 9.95. The molecule has 0 spiro atoms. The summed E-state index contributed by atoms with van der Waals surface area (Å²) >= 11 is 6.05. The number of ether oxygens (including phenoxy) is 2. The Morgan fingerprint density at radius 2 is 2.03 bits per heavy atom. The maximum Gasteiger partial charge on any atom is 0.308 e. The molecule has 156 valence electrons. The van der Waals surface area contributed by atoms with E-state index in [0.29, 0.717) is 22.2 Å². The minimum absolute atomic E-state index is 0.152. The Balaban J connectivity index is 2.17. The highest BCUT2D eigenvalue weighted by Crippen LogP contribution is 2.27. The van der Waals surface area contributed by atoms with Crippen LogP contribution in [0.4, 0.5) is 0 Å². The molecule has 0 aliphatic carbocycles. The van der Waals surface area contributed by atoms with Crippen LogP contribution in [0.1, 0.15) is 34.1 Å². The van der Waals surface area contributed by atoms with E-state index in [1.807, 2.05) is 12.1 Å². The lowest BCUT2D eigenvalue weighted by Gasteiger charge is -2.13. The van der Waals surface area contributed by atoms with Gasteiger partial charge in [-0.15, -0.1) is 0 Å². The zero-order chi connectivity index (χ0) is 24.2. The molecule has 0 aromatic heterocycles. The number of carbonyl (C=O) groups excluding carboxylic acids is 2. The normalized spacial score (nSPS) is 18.8. The SMILES string of the molecule is [2H]C([2H])([2H])C(=O)N/N=C1\Cc2ccc(OC)cc2C(c2ccc(Cl)cc2)=N[C@H]1CC(=O)OC. The molecule has 3 rings (SSSR count). The highest BCUT2D eigenvalue weighted by atomic mass is 35.5. The minimum atomic E-state index is -2.87. The fraction of sp³-hybridized carbons (Fsp3) is 0.273. The van der Waals surface area contributed by atoms with E-state index < -0.39 is 24.8 Å². The second kappa shape index (κ2) is 9.54. The maximum absolute atomic E-state index is 12.1. The number of carbonyl (C=O) groups is 2. The molecule has 1 heterocycles. The number of fused-ring (bicyclic) bond motifs is 1. The number of hydrogen-bond acceptors (Lipinski definition) is 6. The van der Waals surface area contributed by atoms with E-state index in [2.05, 4.69) is 10.5 Å². The van der Waals surface area contributed by atoms with Crippen LogP contribution in [0.15, 0.2) is 52.6 Å². The van der Waals surface area contributed by atoms with Crippen molar-refractivity contribution in [3.05, 3.63) is 64.2 Å². The van der Waals surface area contributed by atoms with Crippen LogP contribution in [0.25, 0.3) is 0 Å². The Labute approximate surface area is 184 Å². The van der Waals surface area contributed by atoms with Gasteiger partial charge in [-0.2, -0.15) is 5.10 Å². The summed E-state index contributed by atoms with van der Waals surface area (Å²) in [6.07, 6.45) is 0.0596. The molecule has 0 unspecified atom stereocenters. The Hall–Kier alpha value is -3.19. The lowest BCUT2D eigenvalue weighted by Crippen LogP contribution is -2.28. The van der Waals surface area contributed by atoms with Crippen LogP contribution in [0.3, 0.4) is 0 Å². The van der Waals surface area contributed by atoms with Gasteiger partial charge >= 0.3 is 5.97 Å². The van der Waals surface area contributed by atoms with Crippen LogP contribution < -0.4 is 10.2 Å². The number of nitrogens with one attached hydrogen (secondary N) is 1. The van der Waals surface area contributed by atoms with E-state index in [4.69, 9.17) is 30.2 Å². The smallest absolute Gasteiger partial charge is 0.308 e. The molecule has 0 saturated carbocycles. The molecule has 0 bridgehead atoms. The number of hydrogen-bond donors (Lipinski definition) is 1. The Morgan fingerprint density at radius 1 is 1.27 bits per heavy atom. The maximum atomic E-state index is 12.1. The van der Waals surface area contributed by atoms with Crippen LogP contribution in [0.2, 0.25) is 5.02 Å². The highest BCUT2D eigenvalue weighted by Gasteiger charge is 2.27. The van der Waals surface area contributed by atoms with Crippen molar-refractivity contribution in [1.82, 2.24) is 5.43 Å². The van der Waals surface area contributed by atoms with Gasteiger partial charge in [0.2, 0.25) is 5.91 Å². The first-order valence-corrected chi connectivity index (χ1v) is 9.45. The van der Waals surface area contributed by atoms with Gasteiger partial charge in [-0.05, 0) is 29.8 Å². The van der Waals surface area contributed by atoms with Gasteiger partial charge in [-0.25, -0.2) is 5.43 Å². The Morgan fingerprint density at radius 3 is 2.70 bits per heavy atom. The van der Waals surface area contributed by atoms with Crippen LogP contribution in [0, 0.1) is 0 Å². The zero-order valence-electron chi connectivity index (χ0n) is 19.4. The van der Waals surface area contributed by atoms with Crippen molar-refractivity contribution in [2.45, 2.75) is 25.7 Å². The largest absolute Gasteiger partial charge is 0.497 e. The van der Waals surface area contributed by atoms with E-state index in [9.17, 15) is 9.59 Å². The third kappa shape index (κ3) is 5.04. The van der Waals surface area contributed by atoms with Crippen LogP contribution >= 0.6 is 11.6 Å². The summed E-state index contributed by atoms with van der Waals surface area (Å²) in [7, 11) is 2.81. The third-order valence-corrected chi connectivity index (χ3v) is 4.87. The van der Waals surface area contributed by atoms with E-state index in [1.54, 1.807) is 37.4 Å². The average molecular weight is 431 g/mol. The summed E-state index contributed by atoms with van der Waals surface area (Å²) in [5.41, 5.74) is 5.26. The molecule has 0 saturated heterocycles. The number of rotatable bonds is 5. The number of halogens is 1. The molecule has 2 aromatic rings. The molecule has 1 amide bonds.